The van der Waals surface area contributed by atoms with Crippen LogP contribution in [0.5, 0.6) is 0 Å². The molecule has 0 saturated heterocycles. The van der Waals surface area contributed by atoms with Gasteiger partial charge in [0.15, 0.2) is 6.10 Å². The summed E-state index contributed by atoms with van der Waals surface area (Å²) in [5, 5.41) is 17.3. The predicted octanol–water partition coefficient (Wildman–Crippen LogP) is 1.54. The Morgan fingerprint density at radius 3 is 2.57 bits per heavy atom. The molecule has 1 rings (SSSR count). The average Bonchev–Trinajstić information content (AvgIpc) is 2.19. The highest BCUT2D eigenvalue weighted by molar-refractivity contribution is 5.72. The second-order valence-corrected chi connectivity index (χ2v) is 2.90. The summed E-state index contributed by atoms with van der Waals surface area (Å²) in [7, 11) is 0. The van der Waals surface area contributed by atoms with Crippen LogP contribution in [0.25, 0.3) is 6.08 Å². The summed E-state index contributed by atoms with van der Waals surface area (Å²) in [6.07, 6.45) is 2.25. The Balaban J connectivity index is 2.46. The molecule has 2 N–H and O–H groups in total. The van der Waals surface area contributed by atoms with Crippen LogP contribution in [0.3, 0.4) is 0 Å². The lowest BCUT2D eigenvalue weighted by Crippen LogP contribution is -2.17. The molecule has 1 aromatic carbocycles. The molecule has 0 saturated carbocycles. The second-order valence-electron chi connectivity index (χ2n) is 2.90. The fourth-order valence-electron chi connectivity index (χ4n) is 0.998. The Bertz CT molecular complexity index is 317. The van der Waals surface area contributed by atoms with Crippen LogP contribution in [0.4, 0.5) is 0 Å². The van der Waals surface area contributed by atoms with E-state index in [2.05, 4.69) is 0 Å². The smallest absolute Gasteiger partial charge is 0.332 e. The van der Waals surface area contributed by atoms with E-state index in [1.54, 1.807) is 12.2 Å². The Kier molecular flexibility index (Phi) is 3.88. The van der Waals surface area contributed by atoms with Crippen molar-refractivity contribution in [1.82, 2.24) is 0 Å². The SMILES string of the molecule is O=C(O)C(O)C/C=C/c1ccccc1. The Labute approximate surface area is 82.3 Å². The first-order chi connectivity index (χ1) is 6.70. The molecule has 1 atom stereocenters. The van der Waals surface area contributed by atoms with Gasteiger partial charge in [0.05, 0.1) is 0 Å². The number of hydrogen-bond acceptors (Lipinski definition) is 2. The number of carboxylic acids is 1. The van der Waals surface area contributed by atoms with E-state index in [0.29, 0.717) is 0 Å². The van der Waals surface area contributed by atoms with Crippen molar-refractivity contribution in [2.45, 2.75) is 12.5 Å². The number of aliphatic carboxylic acids is 1. The minimum atomic E-state index is -1.31. The number of carboxylic acid groups (broad SMARTS) is 1. The van der Waals surface area contributed by atoms with Gasteiger partial charge in [-0.3, -0.25) is 0 Å². The van der Waals surface area contributed by atoms with E-state index in [1.165, 1.54) is 0 Å². The van der Waals surface area contributed by atoms with E-state index in [1.807, 2.05) is 30.3 Å². The molecule has 14 heavy (non-hydrogen) atoms. The zero-order valence-corrected chi connectivity index (χ0v) is 7.63. The molecule has 0 spiro atoms. The molecule has 3 heteroatoms. The largest absolute Gasteiger partial charge is 0.479 e. The molecule has 0 radical (unpaired) electrons. The third kappa shape index (κ3) is 3.41. The van der Waals surface area contributed by atoms with Crippen LogP contribution in [-0.2, 0) is 4.79 Å². The molecule has 0 aromatic heterocycles. The third-order valence-electron chi connectivity index (χ3n) is 1.75. The number of carbonyl (C=O) groups is 1. The van der Waals surface area contributed by atoms with Gasteiger partial charge in [0, 0.05) is 6.42 Å². The monoisotopic (exact) mass is 192 g/mol. The van der Waals surface area contributed by atoms with Crippen molar-refractivity contribution in [1.29, 1.82) is 0 Å². The van der Waals surface area contributed by atoms with Crippen molar-refractivity contribution >= 4 is 12.0 Å². The van der Waals surface area contributed by atoms with E-state index in [0.717, 1.165) is 5.56 Å². The van der Waals surface area contributed by atoms with Crippen molar-refractivity contribution in [2.75, 3.05) is 0 Å². The van der Waals surface area contributed by atoms with Crippen LogP contribution < -0.4 is 0 Å². The quantitative estimate of drug-likeness (QED) is 0.760. The van der Waals surface area contributed by atoms with Gasteiger partial charge in [0.25, 0.3) is 0 Å². The molecule has 3 nitrogen and oxygen atoms in total. The minimum Gasteiger partial charge on any atom is -0.479 e. The molecule has 1 aromatic rings. The Morgan fingerprint density at radius 2 is 2.00 bits per heavy atom. The van der Waals surface area contributed by atoms with Gasteiger partial charge in [0.1, 0.15) is 0 Å². The molecule has 0 fully saturated rings. The van der Waals surface area contributed by atoms with E-state index in [9.17, 15) is 4.79 Å². The number of hydrogen-bond donors (Lipinski definition) is 2. The van der Waals surface area contributed by atoms with Gasteiger partial charge in [-0.05, 0) is 5.56 Å². The lowest BCUT2D eigenvalue weighted by atomic mass is 10.2. The number of rotatable bonds is 4. The van der Waals surface area contributed by atoms with Gasteiger partial charge < -0.3 is 10.2 Å². The standard InChI is InChI=1S/C11H12O3/c12-10(11(13)14)8-4-7-9-5-2-1-3-6-9/h1-7,10,12H,8H2,(H,13,14)/b7-4+. The molecular formula is C11H12O3. The van der Waals surface area contributed by atoms with Crippen LogP contribution in [-0.4, -0.2) is 22.3 Å². The maximum atomic E-state index is 10.3. The van der Waals surface area contributed by atoms with Crippen molar-refractivity contribution in [3.63, 3.8) is 0 Å². The highest BCUT2D eigenvalue weighted by Crippen LogP contribution is 2.03. The van der Waals surface area contributed by atoms with E-state index in [-0.39, 0.29) is 6.42 Å². The lowest BCUT2D eigenvalue weighted by molar-refractivity contribution is -0.146. The van der Waals surface area contributed by atoms with Crippen LogP contribution in [0, 0.1) is 0 Å². The highest BCUT2D eigenvalue weighted by Gasteiger charge is 2.09. The van der Waals surface area contributed by atoms with Crippen molar-refractivity contribution < 1.29 is 15.0 Å². The zero-order valence-electron chi connectivity index (χ0n) is 7.63. The van der Waals surface area contributed by atoms with E-state index in [4.69, 9.17) is 10.2 Å². The maximum Gasteiger partial charge on any atom is 0.332 e. The van der Waals surface area contributed by atoms with Crippen molar-refractivity contribution in [3.8, 4) is 0 Å². The van der Waals surface area contributed by atoms with Gasteiger partial charge in [-0.2, -0.15) is 0 Å². The van der Waals surface area contributed by atoms with Gasteiger partial charge in [-0.15, -0.1) is 0 Å². The third-order valence-corrected chi connectivity index (χ3v) is 1.75. The molecule has 0 amide bonds. The average molecular weight is 192 g/mol. The van der Waals surface area contributed by atoms with Gasteiger partial charge in [-0.1, -0.05) is 42.5 Å². The van der Waals surface area contributed by atoms with Gasteiger partial charge in [-0.25, -0.2) is 4.79 Å². The summed E-state index contributed by atoms with van der Waals surface area (Å²) < 4.78 is 0. The molecule has 74 valence electrons. The first-order valence-corrected chi connectivity index (χ1v) is 4.32. The summed E-state index contributed by atoms with van der Waals surface area (Å²) in [5.74, 6) is -1.19. The molecular weight excluding hydrogens is 180 g/mol. The number of aliphatic hydroxyl groups excluding tert-OH is 1. The minimum absolute atomic E-state index is 0.129. The maximum absolute atomic E-state index is 10.3. The predicted molar refractivity (Wildman–Crippen MR) is 53.7 cm³/mol. The van der Waals surface area contributed by atoms with Crippen LogP contribution in [0.1, 0.15) is 12.0 Å². The summed E-state index contributed by atoms with van der Waals surface area (Å²) in [6, 6.07) is 9.51. The van der Waals surface area contributed by atoms with Gasteiger partial charge in [0.2, 0.25) is 0 Å². The summed E-state index contributed by atoms with van der Waals surface area (Å²) >= 11 is 0. The van der Waals surface area contributed by atoms with E-state index < -0.39 is 12.1 Å². The van der Waals surface area contributed by atoms with Gasteiger partial charge >= 0.3 is 5.97 Å². The van der Waals surface area contributed by atoms with E-state index >= 15 is 0 Å². The first kappa shape index (κ1) is 10.5. The zero-order chi connectivity index (χ0) is 10.4. The molecule has 0 aliphatic rings. The van der Waals surface area contributed by atoms with Crippen molar-refractivity contribution in [2.24, 2.45) is 0 Å². The molecule has 0 aliphatic heterocycles. The molecule has 0 bridgehead atoms. The van der Waals surface area contributed by atoms with Crippen LogP contribution >= 0.6 is 0 Å². The Morgan fingerprint density at radius 1 is 1.36 bits per heavy atom. The normalized spacial score (nSPS) is 12.9. The lowest BCUT2D eigenvalue weighted by Gasteiger charge is -1.99. The van der Waals surface area contributed by atoms with Crippen LogP contribution in [0.15, 0.2) is 36.4 Å². The summed E-state index contributed by atoms with van der Waals surface area (Å²) in [6.45, 7) is 0. The fourth-order valence-corrected chi connectivity index (χ4v) is 0.998. The second kappa shape index (κ2) is 5.19. The number of benzene rings is 1. The Hall–Kier alpha value is -1.61. The fraction of sp³-hybridized carbons (Fsp3) is 0.182. The topological polar surface area (TPSA) is 57.5 Å². The molecule has 0 heterocycles. The molecule has 1 unspecified atom stereocenters. The van der Waals surface area contributed by atoms with Crippen LogP contribution in [0.2, 0.25) is 0 Å². The summed E-state index contributed by atoms with van der Waals surface area (Å²) in [5.41, 5.74) is 0.991. The molecule has 0 aliphatic carbocycles. The summed E-state index contributed by atoms with van der Waals surface area (Å²) in [4.78, 5) is 10.3. The first-order valence-electron chi connectivity index (χ1n) is 4.32. The highest BCUT2D eigenvalue weighted by atomic mass is 16.4. The van der Waals surface area contributed by atoms with Crippen molar-refractivity contribution in [3.05, 3.63) is 42.0 Å². The number of aliphatic hydroxyl groups is 1.